The van der Waals surface area contributed by atoms with Crippen molar-refractivity contribution < 1.29 is 0 Å². The monoisotopic (exact) mass is 701 g/mol. The fourth-order valence-electron chi connectivity index (χ4n) is 9.80. The van der Waals surface area contributed by atoms with E-state index < -0.39 is 8.07 Å². The Morgan fingerprint density at radius 2 is 1.30 bits per heavy atom. The van der Waals surface area contributed by atoms with Crippen LogP contribution in [-0.2, 0) is 5.41 Å². The molecule has 0 fully saturated rings. The number of hydrogen-bond donors (Lipinski definition) is 0. The van der Waals surface area contributed by atoms with Crippen LogP contribution < -0.4 is 15.3 Å². The first-order chi connectivity index (χ1) is 26.0. The zero-order valence-corrected chi connectivity index (χ0v) is 31.9. The molecule has 0 bridgehead atoms. The third kappa shape index (κ3) is 5.51. The summed E-state index contributed by atoms with van der Waals surface area (Å²) in [5, 5.41) is 4.43. The molecule has 0 amide bonds. The molecule has 53 heavy (non-hydrogen) atoms. The third-order valence-corrected chi connectivity index (χ3v) is 17.9. The fourth-order valence-corrected chi connectivity index (χ4v) is 15.6. The molecule has 2 heteroatoms. The van der Waals surface area contributed by atoms with Crippen LogP contribution in [-0.4, -0.2) is 14.1 Å². The van der Waals surface area contributed by atoms with E-state index in [-0.39, 0.29) is 11.5 Å². The lowest BCUT2D eigenvalue weighted by Gasteiger charge is -2.46. The Bertz CT molecular complexity index is 2310. The van der Waals surface area contributed by atoms with Crippen LogP contribution in [0.25, 0.3) is 16.7 Å². The molecule has 0 spiro atoms. The minimum atomic E-state index is -2.72. The van der Waals surface area contributed by atoms with Crippen LogP contribution >= 0.6 is 0 Å². The van der Waals surface area contributed by atoms with Gasteiger partial charge in [0.25, 0.3) is 0 Å². The maximum atomic E-state index is 2.72. The molecular weight excluding hydrogens is 655 g/mol. The molecule has 0 N–H and O–H groups in total. The van der Waals surface area contributed by atoms with Crippen molar-refractivity contribution in [2.24, 2.45) is 11.8 Å². The lowest BCUT2D eigenvalue weighted by molar-refractivity contribution is 0.548. The molecule has 5 aromatic carbocycles. The summed E-state index contributed by atoms with van der Waals surface area (Å²) >= 11 is 0. The van der Waals surface area contributed by atoms with Gasteiger partial charge >= 0.3 is 0 Å². The smallest absolute Gasteiger partial charge is 0.155 e. The summed E-state index contributed by atoms with van der Waals surface area (Å²) in [6, 6.07) is 50.5. The molecule has 0 radical (unpaired) electrons. The highest BCUT2D eigenvalue weighted by Gasteiger charge is 2.53. The molecule has 6 unspecified atom stereocenters. The number of benzene rings is 5. The second-order valence-corrected chi connectivity index (χ2v) is 19.6. The molecule has 5 aromatic rings. The number of allylic oxidation sites excluding steroid dienone is 10. The number of rotatable bonds is 7. The van der Waals surface area contributed by atoms with Crippen LogP contribution in [0.15, 0.2) is 199 Å². The molecule has 260 valence electrons. The summed E-state index contributed by atoms with van der Waals surface area (Å²) in [7, 11) is -2.72. The minimum absolute atomic E-state index is 0.145. The summed E-state index contributed by atoms with van der Waals surface area (Å²) in [6.07, 6.45) is 25.2. The average molecular weight is 702 g/mol. The van der Waals surface area contributed by atoms with Crippen molar-refractivity contribution in [3.05, 3.63) is 211 Å². The summed E-state index contributed by atoms with van der Waals surface area (Å²) in [6.45, 7) is 7.27. The Morgan fingerprint density at radius 3 is 2.02 bits per heavy atom. The second-order valence-electron chi connectivity index (χ2n) is 15.6. The van der Waals surface area contributed by atoms with Crippen molar-refractivity contribution in [2.45, 2.75) is 44.2 Å². The van der Waals surface area contributed by atoms with Gasteiger partial charge in [-0.05, 0) is 93.2 Å². The van der Waals surface area contributed by atoms with Crippen molar-refractivity contribution in [3.63, 3.8) is 0 Å². The summed E-state index contributed by atoms with van der Waals surface area (Å²) in [5.41, 5.74) is 9.28. The summed E-state index contributed by atoms with van der Waals surface area (Å²) in [5.74, 6) is 0.906. The van der Waals surface area contributed by atoms with Gasteiger partial charge < -0.3 is 4.90 Å². The standard InChI is InChI=1S/C51H47NSi/c1-37-17-13-15-25-46(37)40-27-30-44(31-28-40)53(43-23-11-6-12-24-43,49-26-16-14-18-38(49)2)45-32-34-50-51(3,36-45)47-35-41(39-19-7-4-8-20-39)29-33-48(47)52(50)42-21-9-5-10-22-42/h4-16,18-38,49-50H,17H2,1-3H3. The first kappa shape index (κ1) is 33.4. The van der Waals surface area contributed by atoms with Gasteiger partial charge in [0.15, 0.2) is 8.07 Å². The van der Waals surface area contributed by atoms with Gasteiger partial charge in [0.2, 0.25) is 0 Å². The van der Waals surface area contributed by atoms with Gasteiger partial charge in [-0.3, -0.25) is 0 Å². The van der Waals surface area contributed by atoms with Gasteiger partial charge in [0.1, 0.15) is 0 Å². The van der Waals surface area contributed by atoms with Gasteiger partial charge in [-0.1, -0.05) is 189 Å². The molecule has 1 heterocycles. The van der Waals surface area contributed by atoms with Crippen LogP contribution in [0.2, 0.25) is 5.54 Å². The number of fused-ring (bicyclic) bond motifs is 3. The van der Waals surface area contributed by atoms with Crippen molar-refractivity contribution in [2.75, 3.05) is 4.90 Å². The van der Waals surface area contributed by atoms with E-state index in [2.05, 4.69) is 220 Å². The van der Waals surface area contributed by atoms with Crippen molar-refractivity contribution >= 4 is 35.4 Å². The van der Waals surface area contributed by atoms with E-state index in [0.717, 1.165) is 6.42 Å². The fraction of sp³-hybridized carbons (Fsp3) is 0.176. The van der Waals surface area contributed by atoms with E-state index in [0.29, 0.717) is 17.4 Å². The Hall–Kier alpha value is -5.44. The molecule has 3 aliphatic carbocycles. The molecule has 0 saturated heterocycles. The van der Waals surface area contributed by atoms with Crippen molar-refractivity contribution in [1.82, 2.24) is 0 Å². The summed E-state index contributed by atoms with van der Waals surface area (Å²) in [4.78, 5) is 2.58. The average Bonchev–Trinajstić information content (AvgIpc) is 3.47. The van der Waals surface area contributed by atoms with E-state index in [4.69, 9.17) is 0 Å². The molecule has 0 aromatic heterocycles. The first-order valence-corrected chi connectivity index (χ1v) is 21.4. The van der Waals surface area contributed by atoms with Gasteiger partial charge in [0.05, 0.1) is 6.04 Å². The molecule has 9 rings (SSSR count). The van der Waals surface area contributed by atoms with E-state index in [9.17, 15) is 0 Å². The highest BCUT2D eigenvalue weighted by Crippen LogP contribution is 2.54. The van der Waals surface area contributed by atoms with E-state index in [1.54, 1.807) is 0 Å². The van der Waals surface area contributed by atoms with E-state index >= 15 is 0 Å². The maximum Gasteiger partial charge on any atom is 0.155 e. The summed E-state index contributed by atoms with van der Waals surface area (Å²) < 4.78 is 0. The molecule has 1 nitrogen and oxygen atoms in total. The van der Waals surface area contributed by atoms with Crippen LogP contribution in [0.3, 0.4) is 0 Å². The number of hydrogen-bond acceptors (Lipinski definition) is 1. The highest BCUT2D eigenvalue weighted by molar-refractivity contribution is 7.09. The van der Waals surface area contributed by atoms with E-state index in [1.165, 1.54) is 54.8 Å². The molecule has 4 aliphatic rings. The Kier molecular flexibility index (Phi) is 8.52. The normalized spacial score (nSPS) is 25.3. The predicted octanol–water partition coefficient (Wildman–Crippen LogP) is 11.5. The first-order valence-electron chi connectivity index (χ1n) is 19.3. The van der Waals surface area contributed by atoms with Gasteiger partial charge in [0, 0.05) is 16.8 Å². The zero-order chi connectivity index (χ0) is 36.0. The number of anilines is 2. The zero-order valence-electron chi connectivity index (χ0n) is 30.9. The molecule has 0 saturated carbocycles. The lowest BCUT2D eigenvalue weighted by atomic mass is 9.75. The Balaban J connectivity index is 1.28. The van der Waals surface area contributed by atoms with Crippen molar-refractivity contribution in [3.8, 4) is 11.1 Å². The van der Waals surface area contributed by atoms with Gasteiger partial charge in [-0.2, -0.15) is 0 Å². The van der Waals surface area contributed by atoms with E-state index in [1.807, 2.05) is 0 Å². The van der Waals surface area contributed by atoms with Crippen LogP contribution in [0.5, 0.6) is 0 Å². The van der Waals surface area contributed by atoms with Gasteiger partial charge in [-0.25, -0.2) is 0 Å². The predicted molar refractivity (Wildman–Crippen MR) is 229 cm³/mol. The van der Waals surface area contributed by atoms with Crippen LogP contribution in [0, 0.1) is 11.8 Å². The Labute approximate surface area is 316 Å². The lowest BCUT2D eigenvalue weighted by Crippen LogP contribution is -2.64. The quantitative estimate of drug-likeness (QED) is 0.153. The molecule has 6 atom stereocenters. The SMILES string of the molecule is CC1CC=CC=C1c1ccc([Si](C2=CC3(C)c4cc(-c5ccccc5)ccc4N(c4ccccc4)C3C=C2)(c2ccccc2)C2C=CC=CC2C)cc1. The topological polar surface area (TPSA) is 3.24 Å². The molecule has 1 aliphatic heterocycles. The van der Waals surface area contributed by atoms with Crippen molar-refractivity contribution in [1.29, 1.82) is 0 Å². The third-order valence-electron chi connectivity index (χ3n) is 12.5. The highest BCUT2D eigenvalue weighted by atomic mass is 28.3. The largest absolute Gasteiger partial charge is 0.333 e. The number of para-hydroxylation sites is 1. The number of nitrogens with zero attached hydrogens (tertiary/aromatic N) is 1. The Morgan fingerprint density at radius 1 is 0.642 bits per heavy atom. The van der Waals surface area contributed by atoms with Crippen LogP contribution in [0.1, 0.15) is 38.3 Å². The van der Waals surface area contributed by atoms with Gasteiger partial charge in [-0.15, -0.1) is 0 Å². The minimum Gasteiger partial charge on any atom is -0.333 e. The second kappa shape index (κ2) is 13.5. The molecular formula is C51H47NSi. The van der Waals surface area contributed by atoms with Crippen LogP contribution in [0.4, 0.5) is 11.4 Å². The maximum absolute atomic E-state index is 2.72.